The van der Waals surface area contributed by atoms with Gasteiger partial charge in [-0.3, -0.25) is 14.9 Å². The van der Waals surface area contributed by atoms with Gasteiger partial charge in [-0.15, -0.1) is 0 Å². The molecular weight excluding hydrogens is 348 g/mol. The molecule has 0 saturated carbocycles. The van der Waals surface area contributed by atoms with Crippen LogP contribution in [-0.4, -0.2) is 36.5 Å². The first-order chi connectivity index (χ1) is 13.0. The van der Waals surface area contributed by atoms with E-state index >= 15 is 0 Å². The van der Waals surface area contributed by atoms with Crippen molar-refractivity contribution < 1.29 is 19.2 Å². The summed E-state index contributed by atoms with van der Waals surface area (Å²) in [6.45, 7) is 1.08. The molecule has 0 spiro atoms. The minimum atomic E-state index is -0.456. The topological polar surface area (TPSA) is 81.9 Å². The zero-order valence-corrected chi connectivity index (χ0v) is 15.2. The van der Waals surface area contributed by atoms with Crippen LogP contribution in [0.4, 0.5) is 5.69 Å². The summed E-state index contributed by atoms with van der Waals surface area (Å²) in [6, 6.07) is 10.0. The van der Waals surface area contributed by atoms with Gasteiger partial charge in [-0.25, -0.2) is 0 Å². The average molecular weight is 368 g/mol. The van der Waals surface area contributed by atoms with Crippen molar-refractivity contribution in [2.75, 3.05) is 20.8 Å². The molecule has 7 heteroatoms. The van der Waals surface area contributed by atoms with Gasteiger partial charge in [0.2, 0.25) is 5.91 Å². The molecule has 27 heavy (non-hydrogen) atoms. The number of benzene rings is 2. The fourth-order valence-electron chi connectivity index (χ4n) is 3.09. The lowest BCUT2D eigenvalue weighted by atomic mass is 9.98. The molecule has 2 aromatic rings. The van der Waals surface area contributed by atoms with Gasteiger partial charge in [-0.05, 0) is 41.3 Å². The third kappa shape index (κ3) is 4.08. The highest BCUT2D eigenvalue weighted by Crippen LogP contribution is 2.33. The molecule has 0 saturated heterocycles. The smallest absolute Gasteiger partial charge is 0.270 e. The lowest BCUT2D eigenvalue weighted by Gasteiger charge is -2.28. The van der Waals surface area contributed by atoms with Gasteiger partial charge in [0, 0.05) is 31.3 Å². The monoisotopic (exact) mass is 368 g/mol. The van der Waals surface area contributed by atoms with Crippen molar-refractivity contribution in [3.05, 3.63) is 69.3 Å². The fraction of sp³-hybridized carbons (Fsp3) is 0.250. The van der Waals surface area contributed by atoms with Gasteiger partial charge in [-0.1, -0.05) is 12.1 Å². The van der Waals surface area contributed by atoms with Crippen LogP contribution in [0.1, 0.15) is 16.7 Å². The molecule has 0 aromatic heterocycles. The van der Waals surface area contributed by atoms with Gasteiger partial charge in [0.1, 0.15) is 0 Å². The number of amides is 1. The molecule has 0 bridgehead atoms. The number of methoxy groups -OCH3 is 2. The van der Waals surface area contributed by atoms with Gasteiger partial charge in [0.05, 0.1) is 19.1 Å². The van der Waals surface area contributed by atoms with Crippen molar-refractivity contribution in [2.24, 2.45) is 0 Å². The number of carbonyl (C=O) groups is 1. The maximum absolute atomic E-state index is 12.5. The first kappa shape index (κ1) is 18.4. The highest BCUT2D eigenvalue weighted by atomic mass is 16.6. The van der Waals surface area contributed by atoms with E-state index < -0.39 is 4.92 Å². The summed E-state index contributed by atoms with van der Waals surface area (Å²) in [4.78, 5) is 24.6. The number of rotatable bonds is 5. The van der Waals surface area contributed by atoms with Crippen LogP contribution in [0.15, 0.2) is 42.5 Å². The number of fused-ring (bicyclic) bond motifs is 1. The molecule has 0 radical (unpaired) electrons. The Morgan fingerprint density at radius 1 is 1.15 bits per heavy atom. The molecule has 7 nitrogen and oxygen atoms in total. The molecular formula is C20H20N2O5. The molecule has 1 aliphatic heterocycles. The Labute approximate surface area is 157 Å². The highest BCUT2D eigenvalue weighted by molar-refractivity contribution is 5.92. The largest absolute Gasteiger partial charge is 0.493 e. The van der Waals surface area contributed by atoms with Crippen molar-refractivity contribution in [1.29, 1.82) is 0 Å². The average Bonchev–Trinajstić information content (AvgIpc) is 2.70. The maximum Gasteiger partial charge on any atom is 0.270 e. The van der Waals surface area contributed by atoms with Crippen LogP contribution in [0.5, 0.6) is 11.5 Å². The van der Waals surface area contributed by atoms with E-state index in [4.69, 9.17) is 9.47 Å². The molecule has 140 valence electrons. The van der Waals surface area contributed by atoms with E-state index in [1.807, 2.05) is 12.1 Å². The molecule has 3 rings (SSSR count). The third-order valence-corrected chi connectivity index (χ3v) is 4.53. The summed E-state index contributed by atoms with van der Waals surface area (Å²) in [7, 11) is 3.18. The predicted molar refractivity (Wildman–Crippen MR) is 101 cm³/mol. The van der Waals surface area contributed by atoms with Crippen LogP contribution < -0.4 is 9.47 Å². The van der Waals surface area contributed by atoms with E-state index in [0.717, 1.165) is 17.5 Å². The Morgan fingerprint density at radius 3 is 2.52 bits per heavy atom. The second-order valence-corrected chi connectivity index (χ2v) is 6.17. The summed E-state index contributed by atoms with van der Waals surface area (Å²) in [6.07, 6.45) is 3.77. The van der Waals surface area contributed by atoms with Crippen LogP contribution in [0, 0.1) is 10.1 Å². The third-order valence-electron chi connectivity index (χ3n) is 4.53. The number of nitrogens with zero attached hydrogens (tertiary/aromatic N) is 2. The molecule has 0 fully saturated rings. The summed E-state index contributed by atoms with van der Waals surface area (Å²) >= 11 is 0. The molecule has 0 aliphatic carbocycles. The van der Waals surface area contributed by atoms with Crippen LogP contribution in [-0.2, 0) is 17.8 Å². The first-order valence-corrected chi connectivity index (χ1v) is 8.47. The number of hydrogen-bond acceptors (Lipinski definition) is 5. The van der Waals surface area contributed by atoms with E-state index in [1.165, 1.54) is 18.2 Å². The van der Waals surface area contributed by atoms with Gasteiger partial charge >= 0.3 is 0 Å². The molecule has 1 amide bonds. The maximum atomic E-state index is 12.5. The van der Waals surface area contributed by atoms with E-state index in [0.29, 0.717) is 30.2 Å². The summed E-state index contributed by atoms with van der Waals surface area (Å²) in [5, 5.41) is 10.8. The minimum absolute atomic E-state index is 0.00228. The standard InChI is InChI=1S/C20H20N2O5/c1-26-18-11-15-8-9-21(13-16(15)12-19(18)27-2)20(23)7-6-14-4-3-5-17(10-14)22(24)25/h3-7,10-12H,8-9,13H2,1-2H3/b7-6+. The number of nitro benzene ring substituents is 1. The summed E-state index contributed by atoms with van der Waals surface area (Å²) in [5.74, 6) is 1.18. The van der Waals surface area contributed by atoms with Crippen LogP contribution in [0.25, 0.3) is 6.08 Å². The number of hydrogen-bond donors (Lipinski definition) is 0. The SMILES string of the molecule is COc1cc2c(cc1OC)CN(C(=O)/C=C/c1cccc([N+](=O)[O-])c1)CC2. The molecule has 0 N–H and O–H groups in total. The summed E-state index contributed by atoms with van der Waals surface area (Å²) in [5.41, 5.74) is 2.77. The molecule has 1 heterocycles. The van der Waals surface area contributed by atoms with Gasteiger partial charge in [0.15, 0.2) is 11.5 Å². The normalized spacial score (nSPS) is 13.3. The predicted octanol–water partition coefficient (Wildman–Crippen LogP) is 3.21. The van der Waals surface area contributed by atoms with E-state index in [9.17, 15) is 14.9 Å². The van der Waals surface area contributed by atoms with Gasteiger partial charge < -0.3 is 14.4 Å². The minimum Gasteiger partial charge on any atom is -0.493 e. The van der Waals surface area contributed by atoms with Gasteiger partial charge in [-0.2, -0.15) is 0 Å². The van der Waals surface area contributed by atoms with E-state index in [-0.39, 0.29) is 11.6 Å². The molecule has 0 atom stereocenters. The Hall–Kier alpha value is -3.35. The van der Waals surface area contributed by atoms with Crippen LogP contribution >= 0.6 is 0 Å². The number of ether oxygens (including phenoxy) is 2. The molecule has 0 unspecified atom stereocenters. The number of non-ortho nitro benzene ring substituents is 1. The van der Waals surface area contributed by atoms with Crippen molar-refractivity contribution in [3.63, 3.8) is 0 Å². The van der Waals surface area contributed by atoms with Crippen molar-refractivity contribution in [3.8, 4) is 11.5 Å². The van der Waals surface area contributed by atoms with Gasteiger partial charge in [0.25, 0.3) is 5.69 Å². The van der Waals surface area contributed by atoms with Crippen LogP contribution in [0.2, 0.25) is 0 Å². The number of carbonyl (C=O) groups excluding carboxylic acids is 1. The second-order valence-electron chi connectivity index (χ2n) is 6.17. The van der Waals surface area contributed by atoms with E-state index in [2.05, 4.69) is 0 Å². The summed E-state index contributed by atoms with van der Waals surface area (Å²) < 4.78 is 10.7. The molecule has 1 aliphatic rings. The highest BCUT2D eigenvalue weighted by Gasteiger charge is 2.21. The zero-order valence-electron chi connectivity index (χ0n) is 15.2. The number of nitro groups is 1. The lowest BCUT2D eigenvalue weighted by Crippen LogP contribution is -2.34. The van der Waals surface area contributed by atoms with Crippen molar-refractivity contribution in [2.45, 2.75) is 13.0 Å². The van der Waals surface area contributed by atoms with Crippen molar-refractivity contribution >= 4 is 17.7 Å². The zero-order chi connectivity index (χ0) is 19.4. The Morgan fingerprint density at radius 2 is 1.85 bits per heavy atom. The second kappa shape index (κ2) is 7.90. The Kier molecular flexibility index (Phi) is 5.40. The van der Waals surface area contributed by atoms with E-state index in [1.54, 1.807) is 37.3 Å². The molecule has 2 aromatic carbocycles. The Balaban J connectivity index is 1.74. The Bertz CT molecular complexity index is 907. The fourth-order valence-corrected chi connectivity index (χ4v) is 3.09. The van der Waals surface area contributed by atoms with Crippen molar-refractivity contribution in [1.82, 2.24) is 4.90 Å². The first-order valence-electron chi connectivity index (χ1n) is 8.47. The van der Waals surface area contributed by atoms with Crippen LogP contribution in [0.3, 0.4) is 0 Å². The quantitative estimate of drug-likeness (QED) is 0.460. The lowest BCUT2D eigenvalue weighted by molar-refractivity contribution is -0.384.